The number of carbonyl (C=O) groups is 1. The third-order valence-corrected chi connectivity index (χ3v) is 3.58. The number of phenols is 2. The smallest absolute Gasteiger partial charge is 0.271 e. The standard InChI is InChI=1S/C18H16N4O4/c1-26-16-4-2-11(3-5-16)17-13(9-19-21-17)10-20-22-18(25)12-6-14(23)8-15(24)7-12/h2-10,23-24H,1H3,(H,19,21)(H,22,25)/b20-10+. The van der Waals surface area contributed by atoms with E-state index in [0.29, 0.717) is 5.56 Å². The van der Waals surface area contributed by atoms with Gasteiger partial charge < -0.3 is 14.9 Å². The Labute approximate surface area is 148 Å². The van der Waals surface area contributed by atoms with Crippen LogP contribution in [0, 0.1) is 0 Å². The molecule has 0 saturated heterocycles. The van der Waals surface area contributed by atoms with Gasteiger partial charge in [-0.1, -0.05) is 0 Å². The number of phenolic OH excluding ortho intramolecular Hbond substituents is 2. The van der Waals surface area contributed by atoms with Crippen LogP contribution in [0.25, 0.3) is 11.3 Å². The summed E-state index contributed by atoms with van der Waals surface area (Å²) in [5.74, 6) is -0.251. The number of hydrogen-bond donors (Lipinski definition) is 4. The molecule has 1 heterocycles. The maximum Gasteiger partial charge on any atom is 0.271 e. The van der Waals surface area contributed by atoms with Crippen molar-refractivity contribution < 1.29 is 19.7 Å². The molecule has 3 rings (SSSR count). The molecule has 0 spiro atoms. The minimum atomic E-state index is -0.568. The zero-order valence-electron chi connectivity index (χ0n) is 13.8. The van der Waals surface area contributed by atoms with Crippen molar-refractivity contribution in [2.45, 2.75) is 0 Å². The van der Waals surface area contributed by atoms with Crippen LogP contribution in [-0.4, -0.2) is 39.6 Å². The Morgan fingerprint density at radius 3 is 2.54 bits per heavy atom. The van der Waals surface area contributed by atoms with Gasteiger partial charge in [0.25, 0.3) is 5.91 Å². The highest BCUT2D eigenvalue weighted by Gasteiger charge is 2.09. The third kappa shape index (κ3) is 3.81. The number of nitrogens with zero attached hydrogens (tertiary/aromatic N) is 2. The van der Waals surface area contributed by atoms with Gasteiger partial charge in [-0.3, -0.25) is 9.89 Å². The molecule has 0 saturated carbocycles. The third-order valence-electron chi connectivity index (χ3n) is 3.58. The van der Waals surface area contributed by atoms with E-state index in [9.17, 15) is 15.0 Å². The second-order valence-corrected chi connectivity index (χ2v) is 5.37. The van der Waals surface area contributed by atoms with Crippen molar-refractivity contribution in [3.63, 3.8) is 0 Å². The van der Waals surface area contributed by atoms with E-state index in [-0.39, 0.29) is 17.1 Å². The minimum Gasteiger partial charge on any atom is -0.508 e. The second kappa shape index (κ2) is 7.39. The monoisotopic (exact) mass is 352 g/mol. The number of aromatic amines is 1. The van der Waals surface area contributed by atoms with Crippen LogP contribution in [0.1, 0.15) is 15.9 Å². The van der Waals surface area contributed by atoms with Crippen LogP contribution in [0.3, 0.4) is 0 Å². The van der Waals surface area contributed by atoms with E-state index in [4.69, 9.17) is 4.74 Å². The first-order valence-corrected chi connectivity index (χ1v) is 7.61. The Hall–Kier alpha value is -3.81. The average molecular weight is 352 g/mol. The van der Waals surface area contributed by atoms with Gasteiger partial charge in [0.05, 0.1) is 25.2 Å². The Morgan fingerprint density at radius 2 is 1.88 bits per heavy atom. The average Bonchev–Trinajstić information content (AvgIpc) is 3.09. The molecule has 3 aromatic rings. The Bertz CT molecular complexity index is 928. The largest absolute Gasteiger partial charge is 0.508 e. The zero-order valence-corrected chi connectivity index (χ0v) is 13.8. The Kier molecular flexibility index (Phi) is 4.84. The number of hydrazone groups is 1. The SMILES string of the molecule is COc1ccc(-c2[nH]ncc2/C=N/NC(=O)c2cc(O)cc(O)c2)cc1. The van der Waals surface area contributed by atoms with Crippen LogP contribution in [-0.2, 0) is 0 Å². The van der Waals surface area contributed by atoms with Gasteiger partial charge in [0.15, 0.2) is 0 Å². The fourth-order valence-electron chi connectivity index (χ4n) is 2.33. The van der Waals surface area contributed by atoms with Crippen molar-refractivity contribution >= 4 is 12.1 Å². The van der Waals surface area contributed by atoms with Crippen molar-refractivity contribution in [1.82, 2.24) is 15.6 Å². The van der Waals surface area contributed by atoms with E-state index >= 15 is 0 Å². The molecule has 8 heteroatoms. The number of H-pyrrole nitrogens is 1. The van der Waals surface area contributed by atoms with Crippen LogP contribution in [0.4, 0.5) is 0 Å². The molecule has 0 aliphatic heterocycles. The molecule has 0 radical (unpaired) electrons. The molecular formula is C18H16N4O4. The molecule has 1 amide bonds. The summed E-state index contributed by atoms with van der Waals surface area (Å²) in [4.78, 5) is 12.0. The normalized spacial score (nSPS) is 10.8. The van der Waals surface area contributed by atoms with Crippen LogP contribution in [0.15, 0.2) is 53.8 Å². The lowest BCUT2D eigenvalue weighted by Gasteiger charge is -2.03. The molecule has 4 N–H and O–H groups in total. The molecule has 1 aromatic heterocycles. The molecule has 26 heavy (non-hydrogen) atoms. The molecule has 0 fully saturated rings. The first-order valence-electron chi connectivity index (χ1n) is 7.61. The van der Waals surface area contributed by atoms with E-state index in [1.54, 1.807) is 13.3 Å². The highest BCUT2D eigenvalue weighted by Crippen LogP contribution is 2.23. The molecule has 0 bridgehead atoms. The van der Waals surface area contributed by atoms with Crippen molar-refractivity contribution in [3.05, 3.63) is 59.8 Å². The number of aromatic hydroxyl groups is 2. The van der Waals surface area contributed by atoms with Gasteiger partial charge in [-0.2, -0.15) is 10.2 Å². The first-order chi connectivity index (χ1) is 12.6. The van der Waals surface area contributed by atoms with Crippen molar-refractivity contribution in [2.24, 2.45) is 5.10 Å². The number of ether oxygens (including phenoxy) is 1. The van der Waals surface area contributed by atoms with E-state index in [1.165, 1.54) is 18.3 Å². The summed E-state index contributed by atoms with van der Waals surface area (Å²) in [6.45, 7) is 0. The number of rotatable bonds is 5. The molecule has 0 unspecified atom stereocenters. The minimum absolute atomic E-state index is 0.0854. The van der Waals surface area contributed by atoms with Crippen LogP contribution >= 0.6 is 0 Å². The van der Waals surface area contributed by atoms with E-state index in [2.05, 4.69) is 20.7 Å². The Balaban J connectivity index is 1.73. The molecule has 132 valence electrons. The van der Waals surface area contributed by atoms with E-state index < -0.39 is 5.91 Å². The number of hydrogen-bond acceptors (Lipinski definition) is 6. The summed E-state index contributed by atoms with van der Waals surface area (Å²) in [5.41, 5.74) is 4.72. The highest BCUT2D eigenvalue weighted by atomic mass is 16.5. The summed E-state index contributed by atoms with van der Waals surface area (Å²) < 4.78 is 5.13. The zero-order chi connectivity index (χ0) is 18.5. The molecule has 0 aliphatic carbocycles. The van der Waals surface area contributed by atoms with E-state index in [1.807, 2.05) is 24.3 Å². The number of methoxy groups -OCH3 is 1. The molecule has 0 aliphatic rings. The molecular weight excluding hydrogens is 336 g/mol. The number of nitrogens with one attached hydrogen (secondary N) is 2. The summed E-state index contributed by atoms with van der Waals surface area (Å²) in [6, 6.07) is 11.0. The number of amides is 1. The predicted octanol–water partition coefficient (Wildman–Crippen LogP) is 2.26. The van der Waals surface area contributed by atoms with Gasteiger partial charge in [-0.25, -0.2) is 5.43 Å². The summed E-state index contributed by atoms with van der Waals surface area (Å²) in [7, 11) is 1.60. The lowest BCUT2D eigenvalue weighted by Crippen LogP contribution is -2.17. The maximum atomic E-state index is 12.0. The van der Waals surface area contributed by atoms with Gasteiger partial charge in [0.1, 0.15) is 17.2 Å². The molecule has 8 nitrogen and oxygen atoms in total. The second-order valence-electron chi connectivity index (χ2n) is 5.37. The van der Waals surface area contributed by atoms with Crippen LogP contribution in [0.5, 0.6) is 17.2 Å². The lowest BCUT2D eigenvalue weighted by molar-refractivity contribution is 0.0954. The highest BCUT2D eigenvalue weighted by molar-refractivity contribution is 5.96. The van der Waals surface area contributed by atoms with Crippen LogP contribution < -0.4 is 10.2 Å². The van der Waals surface area contributed by atoms with Crippen molar-refractivity contribution in [3.8, 4) is 28.5 Å². The van der Waals surface area contributed by atoms with Gasteiger partial charge in [0, 0.05) is 22.8 Å². The van der Waals surface area contributed by atoms with Gasteiger partial charge in [0.2, 0.25) is 0 Å². The predicted molar refractivity (Wildman–Crippen MR) is 95.4 cm³/mol. The number of aromatic nitrogens is 2. The summed E-state index contributed by atoms with van der Waals surface area (Å²) in [6.07, 6.45) is 3.03. The maximum absolute atomic E-state index is 12.0. The van der Waals surface area contributed by atoms with Crippen LogP contribution in [0.2, 0.25) is 0 Å². The fraction of sp³-hybridized carbons (Fsp3) is 0.0556. The quantitative estimate of drug-likeness (QED) is 0.415. The number of carbonyl (C=O) groups excluding carboxylic acids is 1. The van der Waals surface area contributed by atoms with Crippen molar-refractivity contribution in [2.75, 3.05) is 7.11 Å². The number of benzene rings is 2. The first kappa shape index (κ1) is 17.0. The summed E-state index contributed by atoms with van der Waals surface area (Å²) in [5, 5.41) is 29.6. The molecule has 2 aromatic carbocycles. The van der Waals surface area contributed by atoms with Gasteiger partial charge in [-0.15, -0.1) is 0 Å². The molecule has 0 atom stereocenters. The van der Waals surface area contributed by atoms with Gasteiger partial charge >= 0.3 is 0 Å². The fourth-order valence-corrected chi connectivity index (χ4v) is 2.33. The van der Waals surface area contributed by atoms with Crippen molar-refractivity contribution in [1.29, 1.82) is 0 Å². The topological polar surface area (TPSA) is 120 Å². The summed E-state index contributed by atoms with van der Waals surface area (Å²) >= 11 is 0. The Morgan fingerprint density at radius 1 is 1.19 bits per heavy atom. The lowest BCUT2D eigenvalue weighted by atomic mass is 10.1. The van der Waals surface area contributed by atoms with E-state index in [0.717, 1.165) is 23.1 Å². The van der Waals surface area contributed by atoms with Gasteiger partial charge in [-0.05, 0) is 36.4 Å².